The molecular formula is C23H32N4O5S2. The molecule has 4 rings (SSSR count). The van der Waals surface area contributed by atoms with E-state index in [0.717, 1.165) is 37.1 Å². The SMILES string of the molecule is COc1ccc(-c2nnc(SCC(=O)N(C)[C@@H]3CCS(=O)(=O)C3)n2C2CCCCC2)cc1OC. The zero-order chi connectivity index (χ0) is 24.3. The van der Waals surface area contributed by atoms with Gasteiger partial charge in [-0.15, -0.1) is 10.2 Å². The number of methoxy groups -OCH3 is 2. The van der Waals surface area contributed by atoms with Crippen LogP contribution in [0.2, 0.25) is 0 Å². The van der Waals surface area contributed by atoms with Gasteiger partial charge in [0.2, 0.25) is 5.91 Å². The van der Waals surface area contributed by atoms with E-state index in [1.165, 1.54) is 18.2 Å². The van der Waals surface area contributed by atoms with Crippen molar-refractivity contribution in [3.05, 3.63) is 18.2 Å². The van der Waals surface area contributed by atoms with Gasteiger partial charge in [0.15, 0.2) is 32.3 Å². The summed E-state index contributed by atoms with van der Waals surface area (Å²) in [5, 5.41) is 9.66. The third-order valence-electron chi connectivity index (χ3n) is 6.72. The molecule has 0 spiro atoms. The number of hydrogen-bond donors (Lipinski definition) is 0. The molecule has 1 aromatic heterocycles. The summed E-state index contributed by atoms with van der Waals surface area (Å²) in [7, 11) is 1.85. The Bertz CT molecular complexity index is 1130. The van der Waals surface area contributed by atoms with Crippen LogP contribution in [0.5, 0.6) is 11.5 Å². The monoisotopic (exact) mass is 508 g/mol. The minimum Gasteiger partial charge on any atom is -0.493 e. The van der Waals surface area contributed by atoms with Crippen molar-refractivity contribution >= 4 is 27.5 Å². The average Bonchev–Trinajstić information content (AvgIpc) is 3.44. The Morgan fingerprint density at radius 3 is 2.50 bits per heavy atom. The molecule has 2 aliphatic rings. The summed E-state index contributed by atoms with van der Waals surface area (Å²) in [6.07, 6.45) is 6.10. The largest absolute Gasteiger partial charge is 0.493 e. The molecule has 1 saturated heterocycles. The number of rotatable bonds is 8. The van der Waals surface area contributed by atoms with Gasteiger partial charge in [-0.2, -0.15) is 0 Å². The van der Waals surface area contributed by atoms with Crippen LogP contribution < -0.4 is 9.47 Å². The average molecular weight is 509 g/mol. The van der Waals surface area contributed by atoms with Gasteiger partial charge in [0.05, 0.1) is 31.5 Å². The van der Waals surface area contributed by atoms with Gasteiger partial charge in [-0.3, -0.25) is 9.36 Å². The number of ether oxygens (including phenoxy) is 2. The Balaban J connectivity index is 1.57. The van der Waals surface area contributed by atoms with E-state index < -0.39 is 9.84 Å². The third-order valence-corrected chi connectivity index (χ3v) is 9.40. The summed E-state index contributed by atoms with van der Waals surface area (Å²) in [6.45, 7) is 0. The summed E-state index contributed by atoms with van der Waals surface area (Å²) in [5.41, 5.74) is 0.877. The third kappa shape index (κ3) is 5.35. The van der Waals surface area contributed by atoms with Crippen molar-refractivity contribution < 1.29 is 22.7 Å². The topological polar surface area (TPSA) is 104 Å². The normalized spacial score (nSPS) is 20.3. The van der Waals surface area contributed by atoms with Crippen LogP contribution in [0.15, 0.2) is 23.4 Å². The first-order valence-electron chi connectivity index (χ1n) is 11.6. The van der Waals surface area contributed by atoms with Crippen molar-refractivity contribution in [2.45, 2.75) is 55.8 Å². The van der Waals surface area contributed by atoms with Crippen LogP contribution in [0.25, 0.3) is 11.4 Å². The summed E-state index contributed by atoms with van der Waals surface area (Å²) in [6, 6.07) is 5.71. The number of aromatic nitrogens is 3. The fourth-order valence-corrected chi connectivity index (χ4v) is 7.43. The van der Waals surface area contributed by atoms with Crippen molar-refractivity contribution in [3.8, 4) is 22.9 Å². The molecule has 2 heterocycles. The molecule has 34 heavy (non-hydrogen) atoms. The van der Waals surface area contributed by atoms with E-state index >= 15 is 0 Å². The number of amides is 1. The maximum atomic E-state index is 12.9. The lowest BCUT2D eigenvalue weighted by molar-refractivity contribution is -0.128. The lowest BCUT2D eigenvalue weighted by atomic mass is 9.95. The van der Waals surface area contributed by atoms with E-state index in [-0.39, 0.29) is 35.2 Å². The predicted octanol–water partition coefficient (Wildman–Crippen LogP) is 3.21. The smallest absolute Gasteiger partial charge is 0.233 e. The summed E-state index contributed by atoms with van der Waals surface area (Å²) >= 11 is 1.36. The maximum absolute atomic E-state index is 12.9. The number of hydrogen-bond acceptors (Lipinski definition) is 8. The quantitative estimate of drug-likeness (QED) is 0.501. The highest BCUT2D eigenvalue weighted by Gasteiger charge is 2.33. The fourth-order valence-electron chi connectivity index (χ4n) is 4.73. The standard InChI is InChI=1S/C23H32N4O5S2/c1-26(18-11-12-34(29,30)15-18)21(28)14-33-23-25-24-22(27(23)17-7-5-4-6-8-17)16-9-10-19(31-2)20(13-16)32-3/h9-10,13,17-18H,4-8,11-12,14-15H2,1-3H3/t18-/m1/s1. The van der Waals surface area contributed by atoms with Crippen molar-refractivity contribution in [2.24, 2.45) is 0 Å². The zero-order valence-electron chi connectivity index (χ0n) is 19.9. The minimum absolute atomic E-state index is 0.0433. The van der Waals surface area contributed by atoms with Crippen molar-refractivity contribution in [2.75, 3.05) is 38.5 Å². The van der Waals surface area contributed by atoms with Gasteiger partial charge in [0.25, 0.3) is 0 Å². The molecule has 0 N–H and O–H groups in total. The summed E-state index contributed by atoms with van der Waals surface area (Å²) in [5.74, 6) is 2.29. The molecule has 1 atom stereocenters. The van der Waals surface area contributed by atoms with Gasteiger partial charge >= 0.3 is 0 Å². The van der Waals surface area contributed by atoms with Gasteiger partial charge in [-0.25, -0.2) is 8.42 Å². The lowest BCUT2D eigenvalue weighted by Crippen LogP contribution is -2.38. The first-order chi connectivity index (χ1) is 16.3. The molecule has 0 radical (unpaired) electrons. The molecule has 2 fully saturated rings. The second-order valence-corrected chi connectivity index (χ2v) is 12.1. The molecule has 11 heteroatoms. The number of thioether (sulfide) groups is 1. The van der Waals surface area contributed by atoms with E-state index in [2.05, 4.69) is 14.8 Å². The molecule has 0 bridgehead atoms. The predicted molar refractivity (Wildman–Crippen MR) is 131 cm³/mol. The van der Waals surface area contributed by atoms with Crippen LogP contribution in [0.1, 0.15) is 44.6 Å². The van der Waals surface area contributed by atoms with E-state index in [1.54, 1.807) is 26.2 Å². The first kappa shape index (κ1) is 24.8. The molecular weight excluding hydrogens is 476 g/mol. The van der Waals surface area contributed by atoms with Crippen molar-refractivity contribution in [1.29, 1.82) is 0 Å². The van der Waals surface area contributed by atoms with Crippen LogP contribution in [0, 0.1) is 0 Å². The van der Waals surface area contributed by atoms with Gasteiger partial charge < -0.3 is 14.4 Å². The van der Waals surface area contributed by atoms with Crippen LogP contribution in [-0.4, -0.2) is 78.6 Å². The van der Waals surface area contributed by atoms with Crippen molar-refractivity contribution in [1.82, 2.24) is 19.7 Å². The first-order valence-corrected chi connectivity index (χ1v) is 14.4. The van der Waals surface area contributed by atoms with Gasteiger partial charge in [0, 0.05) is 24.7 Å². The van der Waals surface area contributed by atoms with Gasteiger partial charge in [0.1, 0.15) is 0 Å². The highest BCUT2D eigenvalue weighted by molar-refractivity contribution is 7.99. The maximum Gasteiger partial charge on any atom is 0.233 e. The number of benzene rings is 1. The molecule has 186 valence electrons. The number of carbonyl (C=O) groups excluding carboxylic acids is 1. The Morgan fingerprint density at radius 1 is 1.12 bits per heavy atom. The Labute approximate surface area is 205 Å². The highest BCUT2D eigenvalue weighted by Crippen LogP contribution is 2.38. The van der Waals surface area contributed by atoms with Crippen molar-refractivity contribution in [3.63, 3.8) is 0 Å². The Kier molecular flexibility index (Phi) is 7.71. The zero-order valence-corrected chi connectivity index (χ0v) is 21.5. The van der Waals surface area contributed by atoms with Crippen LogP contribution >= 0.6 is 11.8 Å². The van der Waals surface area contributed by atoms with Crippen LogP contribution in [-0.2, 0) is 14.6 Å². The highest BCUT2D eigenvalue weighted by atomic mass is 32.2. The number of carbonyl (C=O) groups is 1. The van der Waals surface area contributed by atoms with Gasteiger partial charge in [-0.05, 0) is 37.5 Å². The van der Waals surface area contributed by atoms with Gasteiger partial charge in [-0.1, -0.05) is 31.0 Å². The molecule has 1 saturated carbocycles. The van der Waals surface area contributed by atoms with Crippen LogP contribution in [0.4, 0.5) is 0 Å². The molecule has 9 nitrogen and oxygen atoms in total. The molecule has 1 aliphatic heterocycles. The molecule has 1 amide bonds. The molecule has 2 aromatic rings. The van der Waals surface area contributed by atoms with E-state index in [1.807, 2.05) is 18.2 Å². The van der Waals surface area contributed by atoms with E-state index in [9.17, 15) is 13.2 Å². The van der Waals surface area contributed by atoms with Crippen LogP contribution in [0.3, 0.4) is 0 Å². The minimum atomic E-state index is -3.05. The molecule has 1 aliphatic carbocycles. The number of nitrogens with zero attached hydrogens (tertiary/aromatic N) is 4. The summed E-state index contributed by atoms with van der Waals surface area (Å²) in [4.78, 5) is 14.4. The molecule has 1 aromatic carbocycles. The Morgan fingerprint density at radius 2 is 1.85 bits per heavy atom. The molecule has 0 unspecified atom stereocenters. The second-order valence-electron chi connectivity index (χ2n) is 8.89. The summed E-state index contributed by atoms with van der Waals surface area (Å²) < 4.78 is 36.6. The number of sulfone groups is 1. The Hall–Kier alpha value is -2.27. The second kappa shape index (κ2) is 10.6. The van der Waals surface area contributed by atoms with E-state index in [0.29, 0.717) is 23.1 Å². The fraction of sp³-hybridized carbons (Fsp3) is 0.609. The lowest BCUT2D eigenvalue weighted by Gasteiger charge is -2.26. The van der Waals surface area contributed by atoms with E-state index in [4.69, 9.17) is 9.47 Å².